The summed E-state index contributed by atoms with van der Waals surface area (Å²) in [5, 5.41) is 9.65. The standard InChI is InChI=1S/C19H26N4O5/c1-14(22-9-11-28-12-10-22)20-23(15(2)24)13-16-7-5-6-8-17(16)18(21-27-4)19(25)26-3/h5-8H,9-13H2,1-4H3/b20-14-,21-18-. The van der Waals surface area contributed by atoms with Crippen LogP contribution in [0.15, 0.2) is 34.5 Å². The molecule has 28 heavy (non-hydrogen) atoms. The van der Waals surface area contributed by atoms with Crippen molar-refractivity contribution in [3.8, 4) is 0 Å². The molecule has 152 valence electrons. The van der Waals surface area contributed by atoms with Crippen LogP contribution < -0.4 is 0 Å². The average Bonchev–Trinajstić information content (AvgIpc) is 2.72. The number of methoxy groups -OCH3 is 1. The van der Waals surface area contributed by atoms with Crippen molar-refractivity contribution in [2.45, 2.75) is 20.4 Å². The smallest absolute Gasteiger partial charge is 0.360 e. The van der Waals surface area contributed by atoms with Gasteiger partial charge in [0, 0.05) is 25.6 Å². The number of oxime groups is 1. The van der Waals surface area contributed by atoms with E-state index in [1.807, 2.05) is 13.0 Å². The third kappa shape index (κ3) is 5.53. The van der Waals surface area contributed by atoms with Gasteiger partial charge in [-0.1, -0.05) is 29.4 Å². The number of hydrogen-bond donors (Lipinski definition) is 0. The first kappa shape index (κ1) is 21.4. The summed E-state index contributed by atoms with van der Waals surface area (Å²) >= 11 is 0. The largest absolute Gasteiger partial charge is 0.464 e. The van der Waals surface area contributed by atoms with Gasteiger partial charge in [0.25, 0.3) is 0 Å². The first-order valence-corrected chi connectivity index (χ1v) is 8.91. The van der Waals surface area contributed by atoms with E-state index in [4.69, 9.17) is 14.3 Å². The molecule has 0 saturated carbocycles. The topological polar surface area (TPSA) is 93.0 Å². The number of hydrazone groups is 1. The van der Waals surface area contributed by atoms with Gasteiger partial charge in [-0.3, -0.25) is 4.79 Å². The van der Waals surface area contributed by atoms with Crippen LogP contribution in [0.3, 0.4) is 0 Å². The van der Waals surface area contributed by atoms with Gasteiger partial charge in [-0.05, 0) is 12.5 Å². The lowest BCUT2D eigenvalue weighted by molar-refractivity contribution is -0.132. The highest BCUT2D eigenvalue weighted by molar-refractivity contribution is 6.43. The summed E-state index contributed by atoms with van der Waals surface area (Å²) in [7, 11) is 2.62. The molecule has 1 heterocycles. The summed E-state index contributed by atoms with van der Waals surface area (Å²) in [5.74, 6) is -0.114. The molecular formula is C19H26N4O5. The predicted molar refractivity (Wildman–Crippen MR) is 104 cm³/mol. The molecule has 0 N–H and O–H groups in total. The Balaban J connectivity index is 2.32. The molecule has 2 rings (SSSR count). The summed E-state index contributed by atoms with van der Waals surface area (Å²) in [6.45, 7) is 6.20. The Morgan fingerprint density at radius 1 is 1.18 bits per heavy atom. The molecule has 1 aliphatic heterocycles. The molecule has 0 aromatic heterocycles. The number of carbonyl (C=O) groups is 2. The maximum atomic E-state index is 12.2. The van der Waals surface area contributed by atoms with Gasteiger partial charge < -0.3 is 19.2 Å². The average molecular weight is 390 g/mol. The molecule has 1 amide bonds. The summed E-state index contributed by atoms with van der Waals surface area (Å²) in [6, 6.07) is 7.12. The minimum atomic E-state index is -0.628. The summed E-state index contributed by atoms with van der Waals surface area (Å²) in [5.41, 5.74) is 1.23. The van der Waals surface area contributed by atoms with Crippen LogP contribution in [0, 0.1) is 0 Å². The van der Waals surface area contributed by atoms with E-state index >= 15 is 0 Å². The van der Waals surface area contributed by atoms with Crippen molar-refractivity contribution in [3.63, 3.8) is 0 Å². The molecule has 0 aliphatic carbocycles. The Hall–Kier alpha value is -2.94. The molecule has 1 aromatic rings. The van der Waals surface area contributed by atoms with Gasteiger partial charge in [-0.2, -0.15) is 5.10 Å². The van der Waals surface area contributed by atoms with E-state index in [1.165, 1.54) is 26.2 Å². The van der Waals surface area contributed by atoms with Gasteiger partial charge in [0.15, 0.2) is 5.71 Å². The lowest BCUT2D eigenvalue weighted by Crippen LogP contribution is -2.41. The zero-order valence-corrected chi connectivity index (χ0v) is 16.7. The quantitative estimate of drug-likeness (QED) is 0.314. The number of amides is 1. The zero-order valence-electron chi connectivity index (χ0n) is 16.7. The van der Waals surface area contributed by atoms with E-state index < -0.39 is 5.97 Å². The van der Waals surface area contributed by atoms with Crippen molar-refractivity contribution < 1.29 is 23.9 Å². The van der Waals surface area contributed by atoms with Crippen LogP contribution in [0.1, 0.15) is 25.0 Å². The van der Waals surface area contributed by atoms with E-state index in [2.05, 4.69) is 15.2 Å². The number of hydrogen-bond acceptors (Lipinski definition) is 7. The monoisotopic (exact) mass is 390 g/mol. The number of morpholine rings is 1. The molecule has 1 aromatic carbocycles. The molecule has 0 radical (unpaired) electrons. The van der Waals surface area contributed by atoms with E-state index in [0.717, 1.165) is 18.9 Å². The second-order valence-electron chi connectivity index (χ2n) is 6.09. The maximum Gasteiger partial charge on any atom is 0.360 e. The van der Waals surface area contributed by atoms with Gasteiger partial charge in [-0.15, -0.1) is 0 Å². The Kier molecular flexibility index (Phi) is 7.94. The van der Waals surface area contributed by atoms with Gasteiger partial charge >= 0.3 is 5.97 Å². The highest BCUT2D eigenvalue weighted by atomic mass is 16.6. The molecule has 0 spiro atoms. The van der Waals surface area contributed by atoms with Crippen LogP contribution in [0.2, 0.25) is 0 Å². The van der Waals surface area contributed by atoms with E-state index in [-0.39, 0.29) is 18.2 Å². The van der Waals surface area contributed by atoms with Crippen LogP contribution >= 0.6 is 0 Å². The normalized spacial score (nSPS) is 15.2. The molecule has 0 unspecified atom stereocenters. The SMILES string of the molecule is CO/N=C(\C(=O)OC)c1ccccc1CN(/N=C(/C)N1CCOCC1)C(C)=O. The first-order chi connectivity index (χ1) is 13.5. The number of rotatable bonds is 6. The van der Waals surface area contributed by atoms with Crippen molar-refractivity contribution in [1.29, 1.82) is 0 Å². The number of esters is 1. The fourth-order valence-electron chi connectivity index (χ4n) is 2.78. The molecule has 1 aliphatic rings. The predicted octanol–water partition coefficient (Wildman–Crippen LogP) is 1.22. The molecule has 1 fully saturated rings. The minimum Gasteiger partial charge on any atom is -0.464 e. The van der Waals surface area contributed by atoms with Crippen molar-refractivity contribution in [2.24, 2.45) is 10.3 Å². The van der Waals surface area contributed by atoms with Crippen molar-refractivity contribution in [2.75, 3.05) is 40.5 Å². The Bertz CT molecular complexity index is 756. The van der Waals surface area contributed by atoms with Crippen LogP contribution in [-0.4, -0.2) is 73.9 Å². The second kappa shape index (κ2) is 10.4. The Morgan fingerprint density at radius 2 is 1.86 bits per heavy atom. The molecule has 0 atom stereocenters. The minimum absolute atomic E-state index is 0.0259. The fraction of sp³-hybridized carbons (Fsp3) is 0.474. The van der Waals surface area contributed by atoms with Gasteiger partial charge in [0.05, 0.1) is 26.9 Å². The molecule has 9 nitrogen and oxygen atoms in total. The number of nitrogens with zero attached hydrogens (tertiary/aromatic N) is 4. The van der Waals surface area contributed by atoms with E-state index in [1.54, 1.807) is 18.2 Å². The molecule has 9 heteroatoms. The summed E-state index contributed by atoms with van der Waals surface area (Å²) in [6.07, 6.45) is 0. The lowest BCUT2D eigenvalue weighted by atomic mass is 10.0. The van der Waals surface area contributed by atoms with Gasteiger partial charge in [0.2, 0.25) is 5.91 Å². The van der Waals surface area contributed by atoms with Crippen LogP contribution in [0.5, 0.6) is 0 Å². The van der Waals surface area contributed by atoms with Crippen LogP contribution in [0.25, 0.3) is 0 Å². The molecular weight excluding hydrogens is 364 g/mol. The zero-order chi connectivity index (χ0) is 20.5. The highest BCUT2D eigenvalue weighted by Gasteiger charge is 2.21. The molecule has 0 bridgehead atoms. The maximum absolute atomic E-state index is 12.2. The van der Waals surface area contributed by atoms with Crippen molar-refractivity contribution in [1.82, 2.24) is 9.91 Å². The third-order valence-corrected chi connectivity index (χ3v) is 4.25. The lowest BCUT2D eigenvalue weighted by Gasteiger charge is -2.29. The highest BCUT2D eigenvalue weighted by Crippen LogP contribution is 2.15. The van der Waals surface area contributed by atoms with E-state index in [9.17, 15) is 9.59 Å². The fourth-order valence-corrected chi connectivity index (χ4v) is 2.78. The first-order valence-electron chi connectivity index (χ1n) is 8.91. The summed E-state index contributed by atoms with van der Waals surface area (Å²) in [4.78, 5) is 31.2. The second-order valence-corrected chi connectivity index (χ2v) is 6.09. The van der Waals surface area contributed by atoms with Crippen LogP contribution in [0.4, 0.5) is 0 Å². The third-order valence-electron chi connectivity index (χ3n) is 4.25. The van der Waals surface area contributed by atoms with E-state index in [0.29, 0.717) is 24.3 Å². The number of carbonyl (C=O) groups excluding carboxylic acids is 2. The summed E-state index contributed by atoms with van der Waals surface area (Å²) < 4.78 is 10.1. The number of amidine groups is 1. The van der Waals surface area contributed by atoms with Gasteiger partial charge in [0.1, 0.15) is 12.9 Å². The van der Waals surface area contributed by atoms with Crippen molar-refractivity contribution >= 4 is 23.4 Å². The Labute approximate surface area is 164 Å². The van der Waals surface area contributed by atoms with Crippen molar-refractivity contribution in [3.05, 3.63) is 35.4 Å². The number of ether oxygens (including phenoxy) is 2. The van der Waals surface area contributed by atoms with Crippen LogP contribution in [-0.2, 0) is 30.4 Å². The molecule has 1 saturated heterocycles. The van der Waals surface area contributed by atoms with Gasteiger partial charge in [-0.25, -0.2) is 9.80 Å². The Morgan fingerprint density at radius 3 is 2.46 bits per heavy atom. The number of benzene rings is 1.